The molecule has 0 aromatic heterocycles. The first kappa shape index (κ1) is 16.4. The molecular formula is C13H26N2O3S. The van der Waals surface area contributed by atoms with Crippen molar-refractivity contribution >= 4 is 15.7 Å². The van der Waals surface area contributed by atoms with Crippen LogP contribution < -0.4 is 5.32 Å². The van der Waals surface area contributed by atoms with Crippen LogP contribution in [0.2, 0.25) is 0 Å². The molecule has 1 N–H and O–H groups in total. The van der Waals surface area contributed by atoms with Gasteiger partial charge in [0, 0.05) is 12.5 Å². The number of hydrogen-bond acceptors (Lipinski definition) is 4. The summed E-state index contributed by atoms with van der Waals surface area (Å²) >= 11 is 0. The number of hydrogen-bond donors (Lipinski definition) is 1. The quantitative estimate of drug-likeness (QED) is 0.780. The average molecular weight is 290 g/mol. The van der Waals surface area contributed by atoms with Gasteiger partial charge >= 0.3 is 0 Å². The molecule has 0 saturated carbocycles. The van der Waals surface area contributed by atoms with Gasteiger partial charge in [0.05, 0.1) is 11.5 Å². The van der Waals surface area contributed by atoms with E-state index < -0.39 is 9.84 Å². The minimum atomic E-state index is -3.09. The number of piperidine rings is 1. The van der Waals surface area contributed by atoms with Crippen LogP contribution in [0.3, 0.4) is 0 Å². The standard InChI is InChI=1S/C13H26N2O3S/c1-11(2)10-19(17,18)9-6-13(16)14-12-4-7-15(3)8-5-12/h11-12H,4-10H2,1-3H3,(H,14,16). The maximum absolute atomic E-state index is 11.7. The number of likely N-dealkylation sites (tertiary alicyclic amines) is 1. The van der Waals surface area contributed by atoms with Crippen LogP contribution >= 0.6 is 0 Å². The van der Waals surface area contributed by atoms with E-state index in [2.05, 4.69) is 17.3 Å². The van der Waals surface area contributed by atoms with Crippen LogP contribution in [0.25, 0.3) is 0 Å². The lowest BCUT2D eigenvalue weighted by atomic mass is 10.1. The third-order valence-electron chi connectivity index (χ3n) is 3.31. The van der Waals surface area contributed by atoms with Crippen LogP contribution in [-0.4, -0.2) is 56.9 Å². The summed E-state index contributed by atoms with van der Waals surface area (Å²) in [5, 5.41) is 2.94. The lowest BCUT2D eigenvalue weighted by molar-refractivity contribution is -0.121. The number of carbonyl (C=O) groups excluding carboxylic acids is 1. The molecule has 0 aromatic rings. The molecule has 1 heterocycles. The maximum Gasteiger partial charge on any atom is 0.221 e. The molecule has 1 aliphatic heterocycles. The van der Waals surface area contributed by atoms with E-state index in [9.17, 15) is 13.2 Å². The van der Waals surface area contributed by atoms with Crippen LogP contribution in [0.15, 0.2) is 0 Å². The highest BCUT2D eigenvalue weighted by Gasteiger charge is 2.20. The molecule has 112 valence electrons. The minimum absolute atomic E-state index is 0.0381. The molecule has 0 aromatic carbocycles. The van der Waals surface area contributed by atoms with E-state index >= 15 is 0 Å². The molecule has 1 amide bonds. The van der Waals surface area contributed by atoms with E-state index in [0.29, 0.717) is 0 Å². The van der Waals surface area contributed by atoms with Gasteiger partial charge in [-0.3, -0.25) is 4.79 Å². The first-order valence-electron chi connectivity index (χ1n) is 6.97. The Morgan fingerprint density at radius 2 is 1.89 bits per heavy atom. The summed E-state index contributed by atoms with van der Waals surface area (Å²) in [6.45, 7) is 5.71. The normalized spacial score (nSPS) is 18.7. The van der Waals surface area contributed by atoms with Crippen molar-refractivity contribution in [2.45, 2.75) is 39.2 Å². The Morgan fingerprint density at radius 3 is 2.42 bits per heavy atom. The maximum atomic E-state index is 11.7. The summed E-state index contributed by atoms with van der Waals surface area (Å²) < 4.78 is 23.4. The SMILES string of the molecule is CC(C)CS(=O)(=O)CCC(=O)NC1CCN(C)CC1. The van der Waals surface area contributed by atoms with Crippen LogP contribution in [0, 0.1) is 5.92 Å². The Morgan fingerprint density at radius 1 is 1.32 bits per heavy atom. The summed E-state index contributed by atoms with van der Waals surface area (Å²) in [6.07, 6.45) is 1.98. The minimum Gasteiger partial charge on any atom is -0.353 e. The van der Waals surface area contributed by atoms with E-state index in [1.165, 1.54) is 0 Å². The molecular weight excluding hydrogens is 264 g/mol. The summed E-state index contributed by atoms with van der Waals surface area (Å²) in [5.41, 5.74) is 0. The monoisotopic (exact) mass is 290 g/mol. The molecule has 0 spiro atoms. The van der Waals surface area contributed by atoms with Gasteiger partial charge in [0.15, 0.2) is 9.84 Å². The topological polar surface area (TPSA) is 66.5 Å². The van der Waals surface area contributed by atoms with E-state index in [-0.39, 0.29) is 35.8 Å². The Bertz CT molecular complexity index is 385. The van der Waals surface area contributed by atoms with Crippen LogP contribution in [-0.2, 0) is 14.6 Å². The Kier molecular flexibility index (Phi) is 6.26. The number of nitrogens with one attached hydrogen (secondary N) is 1. The van der Waals surface area contributed by atoms with Gasteiger partial charge in [-0.25, -0.2) is 8.42 Å². The van der Waals surface area contributed by atoms with Gasteiger partial charge in [0.1, 0.15) is 0 Å². The molecule has 1 aliphatic rings. The molecule has 0 aliphatic carbocycles. The van der Waals surface area contributed by atoms with Crippen LogP contribution in [0.4, 0.5) is 0 Å². The Hall–Kier alpha value is -0.620. The molecule has 0 radical (unpaired) electrons. The average Bonchev–Trinajstić information content (AvgIpc) is 2.28. The van der Waals surface area contributed by atoms with Crippen molar-refractivity contribution in [1.29, 1.82) is 0 Å². The van der Waals surface area contributed by atoms with Gasteiger partial charge in [-0.1, -0.05) is 13.8 Å². The lowest BCUT2D eigenvalue weighted by Crippen LogP contribution is -2.43. The van der Waals surface area contributed by atoms with E-state index in [1.54, 1.807) is 0 Å². The van der Waals surface area contributed by atoms with Gasteiger partial charge in [-0.15, -0.1) is 0 Å². The number of nitrogens with zero attached hydrogens (tertiary/aromatic N) is 1. The Balaban J connectivity index is 2.28. The molecule has 1 fully saturated rings. The van der Waals surface area contributed by atoms with Gasteiger partial charge < -0.3 is 10.2 Å². The zero-order valence-electron chi connectivity index (χ0n) is 12.2. The number of amides is 1. The first-order chi connectivity index (χ1) is 8.78. The Labute approximate surface area is 116 Å². The van der Waals surface area contributed by atoms with Crippen molar-refractivity contribution in [1.82, 2.24) is 10.2 Å². The highest BCUT2D eigenvalue weighted by Crippen LogP contribution is 2.09. The number of rotatable bonds is 6. The van der Waals surface area contributed by atoms with Gasteiger partial charge in [-0.05, 0) is 38.9 Å². The van der Waals surface area contributed by atoms with Crippen molar-refractivity contribution in [2.75, 3.05) is 31.6 Å². The van der Waals surface area contributed by atoms with E-state index in [0.717, 1.165) is 25.9 Å². The number of sulfone groups is 1. The molecule has 1 rings (SSSR count). The summed E-state index contributed by atoms with van der Waals surface area (Å²) in [7, 11) is -1.03. The first-order valence-corrected chi connectivity index (χ1v) is 8.79. The molecule has 0 unspecified atom stereocenters. The van der Waals surface area contributed by atoms with Gasteiger partial charge in [-0.2, -0.15) is 0 Å². The van der Waals surface area contributed by atoms with Crippen molar-refractivity contribution < 1.29 is 13.2 Å². The molecule has 0 atom stereocenters. The second-order valence-corrected chi connectivity index (χ2v) is 8.13. The van der Waals surface area contributed by atoms with Crippen LogP contribution in [0.1, 0.15) is 33.1 Å². The molecule has 19 heavy (non-hydrogen) atoms. The third-order valence-corrected chi connectivity index (χ3v) is 5.31. The molecule has 6 heteroatoms. The fourth-order valence-electron chi connectivity index (χ4n) is 2.29. The summed E-state index contributed by atoms with van der Waals surface area (Å²) in [5.74, 6) is 0.0989. The van der Waals surface area contributed by atoms with Crippen molar-refractivity contribution in [3.63, 3.8) is 0 Å². The summed E-state index contributed by atoms with van der Waals surface area (Å²) in [4.78, 5) is 14.0. The van der Waals surface area contributed by atoms with Crippen LogP contribution in [0.5, 0.6) is 0 Å². The fourth-order valence-corrected chi connectivity index (χ4v) is 3.97. The van der Waals surface area contributed by atoms with E-state index in [1.807, 2.05) is 13.8 Å². The van der Waals surface area contributed by atoms with Gasteiger partial charge in [0.2, 0.25) is 5.91 Å². The highest BCUT2D eigenvalue weighted by atomic mass is 32.2. The predicted octanol–water partition coefficient (Wildman–Crippen LogP) is 0.658. The second kappa shape index (κ2) is 7.24. The zero-order chi connectivity index (χ0) is 14.5. The predicted molar refractivity (Wildman–Crippen MR) is 76.8 cm³/mol. The smallest absolute Gasteiger partial charge is 0.221 e. The van der Waals surface area contributed by atoms with Crippen molar-refractivity contribution in [3.05, 3.63) is 0 Å². The van der Waals surface area contributed by atoms with Crippen molar-refractivity contribution in [3.8, 4) is 0 Å². The zero-order valence-corrected chi connectivity index (χ0v) is 13.0. The van der Waals surface area contributed by atoms with E-state index in [4.69, 9.17) is 0 Å². The number of carbonyl (C=O) groups is 1. The molecule has 5 nitrogen and oxygen atoms in total. The molecule has 0 bridgehead atoms. The summed E-state index contributed by atoms with van der Waals surface area (Å²) in [6, 6.07) is 0.205. The van der Waals surface area contributed by atoms with Crippen molar-refractivity contribution in [2.24, 2.45) is 5.92 Å². The second-order valence-electron chi connectivity index (χ2n) is 5.90. The lowest BCUT2D eigenvalue weighted by Gasteiger charge is -2.29. The fraction of sp³-hybridized carbons (Fsp3) is 0.923. The largest absolute Gasteiger partial charge is 0.353 e. The molecule has 1 saturated heterocycles. The van der Waals surface area contributed by atoms with Gasteiger partial charge in [0.25, 0.3) is 0 Å². The third kappa shape index (κ3) is 6.92. The highest BCUT2D eigenvalue weighted by molar-refractivity contribution is 7.91.